The maximum atomic E-state index is 14.0. The summed E-state index contributed by atoms with van der Waals surface area (Å²) < 4.78 is 27.5. The van der Waals surface area contributed by atoms with E-state index < -0.39 is 17.7 Å². The van der Waals surface area contributed by atoms with E-state index in [1.807, 2.05) is 14.1 Å². The molecule has 0 aromatic heterocycles. The zero-order chi connectivity index (χ0) is 14.8. The summed E-state index contributed by atoms with van der Waals surface area (Å²) in [6.07, 6.45) is 6.40. The van der Waals surface area contributed by atoms with Crippen molar-refractivity contribution in [2.24, 2.45) is 5.73 Å². The second-order valence-corrected chi connectivity index (χ2v) is 6.06. The zero-order valence-electron chi connectivity index (χ0n) is 12.3. The quantitative estimate of drug-likeness (QED) is 0.858. The van der Waals surface area contributed by atoms with Crippen LogP contribution in [-0.2, 0) is 0 Å². The van der Waals surface area contributed by atoms with Crippen molar-refractivity contribution in [1.82, 2.24) is 4.90 Å². The van der Waals surface area contributed by atoms with Gasteiger partial charge in [-0.3, -0.25) is 0 Å². The third-order valence-electron chi connectivity index (χ3n) is 4.73. The van der Waals surface area contributed by atoms with E-state index in [-0.39, 0.29) is 5.54 Å². The predicted molar refractivity (Wildman–Crippen MR) is 77.4 cm³/mol. The first-order valence-electron chi connectivity index (χ1n) is 7.35. The molecule has 1 aromatic carbocycles. The van der Waals surface area contributed by atoms with Gasteiger partial charge in [-0.2, -0.15) is 0 Å². The van der Waals surface area contributed by atoms with Gasteiger partial charge >= 0.3 is 0 Å². The first-order valence-corrected chi connectivity index (χ1v) is 7.35. The minimum atomic E-state index is -0.508. The molecule has 112 valence electrons. The Morgan fingerprint density at radius 1 is 1.10 bits per heavy atom. The zero-order valence-corrected chi connectivity index (χ0v) is 12.3. The van der Waals surface area contributed by atoms with Crippen LogP contribution in [0.4, 0.5) is 8.78 Å². The van der Waals surface area contributed by atoms with Crippen LogP contribution >= 0.6 is 0 Å². The van der Waals surface area contributed by atoms with Crippen molar-refractivity contribution in [3.63, 3.8) is 0 Å². The van der Waals surface area contributed by atoms with E-state index >= 15 is 0 Å². The molecule has 1 aromatic rings. The van der Waals surface area contributed by atoms with Crippen molar-refractivity contribution >= 4 is 0 Å². The Morgan fingerprint density at radius 2 is 1.70 bits per heavy atom. The van der Waals surface area contributed by atoms with Gasteiger partial charge in [0.05, 0.1) is 6.04 Å². The second kappa shape index (κ2) is 6.19. The molecule has 1 aliphatic rings. The van der Waals surface area contributed by atoms with Crippen molar-refractivity contribution in [2.75, 3.05) is 14.1 Å². The SMILES string of the molecule is CN(C)C1(C(N)c2cc(F)ccc2F)CCCCCC1. The highest BCUT2D eigenvalue weighted by Crippen LogP contribution is 2.40. The van der Waals surface area contributed by atoms with E-state index in [1.54, 1.807) is 0 Å². The van der Waals surface area contributed by atoms with Gasteiger partial charge in [-0.1, -0.05) is 25.7 Å². The molecule has 0 saturated heterocycles. The number of hydrogen-bond acceptors (Lipinski definition) is 2. The lowest BCUT2D eigenvalue weighted by atomic mass is 9.78. The molecule has 1 aliphatic carbocycles. The lowest BCUT2D eigenvalue weighted by Crippen LogP contribution is -2.52. The van der Waals surface area contributed by atoms with Crippen molar-refractivity contribution in [1.29, 1.82) is 0 Å². The highest BCUT2D eigenvalue weighted by molar-refractivity contribution is 5.26. The summed E-state index contributed by atoms with van der Waals surface area (Å²) in [5, 5.41) is 0. The number of nitrogens with zero attached hydrogens (tertiary/aromatic N) is 1. The normalized spacial score (nSPS) is 20.7. The minimum absolute atomic E-state index is 0.287. The smallest absolute Gasteiger partial charge is 0.128 e. The molecule has 4 heteroatoms. The Hall–Kier alpha value is -1.00. The third-order valence-corrected chi connectivity index (χ3v) is 4.73. The molecular formula is C16H24F2N2. The molecule has 0 heterocycles. The summed E-state index contributed by atoms with van der Waals surface area (Å²) in [4.78, 5) is 2.10. The average molecular weight is 282 g/mol. The topological polar surface area (TPSA) is 29.3 Å². The molecule has 1 saturated carbocycles. The van der Waals surface area contributed by atoms with Crippen molar-refractivity contribution in [3.8, 4) is 0 Å². The maximum absolute atomic E-state index is 14.0. The Balaban J connectivity index is 2.40. The van der Waals surface area contributed by atoms with E-state index in [0.29, 0.717) is 5.56 Å². The summed E-state index contributed by atoms with van der Waals surface area (Å²) in [6, 6.07) is 3.05. The van der Waals surface area contributed by atoms with Gasteiger partial charge in [0.15, 0.2) is 0 Å². The Kier molecular flexibility index (Phi) is 4.76. The number of hydrogen-bond donors (Lipinski definition) is 1. The molecule has 0 spiro atoms. The summed E-state index contributed by atoms with van der Waals surface area (Å²) in [5.74, 6) is -0.844. The van der Waals surface area contributed by atoms with Gasteiger partial charge in [0.2, 0.25) is 0 Å². The summed E-state index contributed by atoms with van der Waals surface area (Å²) in [6.45, 7) is 0. The molecule has 2 nitrogen and oxygen atoms in total. The third kappa shape index (κ3) is 2.86. The highest BCUT2D eigenvalue weighted by atomic mass is 19.1. The van der Waals surface area contributed by atoms with Crippen LogP contribution in [0.5, 0.6) is 0 Å². The number of rotatable bonds is 3. The Bertz CT molecular complexity index is 452. The second-order valence-electron chi connectivity index (χ2n) is 6.06. The van der Waals surface area contributed by atoms with Crippen molar-refractivity contribution in [2.45, 2.75) is 50.1 Å². The fourth-order valence-electron chi connectivity index (χ4n) is 3.42. The molecular weight excluding hydrogens is 258 g/mol. The molecule has 0 aliphatic heterocycles. The largest absolute Gasteiger partial charge is 0.322 e. The van der Waals surface area contributed by atoms with Gasteiger partial charge in [0.25, 0.3) is 0 Å². The fourth-order valence-corrected chi connectivity index (χ4v) is 3.42. The highest BCUT2D eigenvalue weighted by Gasteiger charge is 2.40. The van der Waals surface area contributed by atoms with Crippen molar-refractivity contribution < 1.29 is 8.78 Å². The standard InChI is InChI=1S/C16H24F2N2/c1-20(2)16(9-5-3-4-6-10-16)15(19)13-11-12(17)7-8-14(13)18/h7-8,11,15H,3-6,9-10,19H2,1-2H3. The van der Waals surface area contributed by atoms with E-state index in [0.717, 1.165) is 31.7 Å². The van der Waals surface area contributed by atoms with E-state index in [4.69, 9.17) is 5.73 Å². The summed E-state index contributed by atoms with van der Waals surface area (Å²) >= 11 is 0. The van der Waals surface area contributed by atoms with Crippen LogP contribution in [-0.4, -0.2) is 24.5 Å². The van der Waals surface area contributed by atoms with Crippen LogP contribution in [0.15, 0.2) is 18.2 Å². The van der Waals surface area contributed by atoms with Crippen LogP contribution in [0.3, 0.4) is 0 Å². The monoisotopic (exact) mass is 282 g/mol. The molecule has 2 rings (SSSR count). The Labute approximate surface area is 120 Å². The molecule has 20 heavy (non-hydrogen) atoms. The number of likely N-dealkylation sites (N-methyl/N-ethyl adjacent to an activating group) is 1. The lowest BCUT2D eigenvalue weighted by Gasteiger charge is -2.44. The number of nitrogens with two attached hydrogens (primary N) is 1. The van der Waals surface area contributed by atoms with Gasteiger partial charge in [0.1, 0.15) is 11.6 Å². The molecule has 1 unspecified atom stereocenters. The maximum Gasteiger partial charge on any atom is 0.128 e. The first kappa shape index (κ1) is 15.4. The van der Waals surface area contributed by atoms with Crippen molar-refractivity contribution in [3.05, 3.63) is 35.4 Å². The average Bonchev–Trinajstić information content (AvgIpc) is 2.67. The van der Waals surface area contributed by atoms with E-state index in [2.05, 4.69) is 4.90 Å². The van der Waals surface area contributed by atoms with Gasteiger partial charge in [0, 0.05) is 11.1 Å². The van der Waals surface area contributed by atoms with E-state index in [9.17, 15) is 8.78 Å². The van der Waals surface area contributed by atoms with E-state index in [1.165, 1.54) is 25.0 Å². The molecule has 0 bridgehead atoms. The first-order chi connectivity index (χ1) is 9.47. The van der Waals surface area contributed by atoms with Crippen LogP contribution in [0.2, 0.25) is 0 Å². The van der Waals surface area contributed by atoms with Crippen LogP contribution < -0.4 is 5.73 Å². The Morgan fingerprint density at radius 3 is 2.25 bits per heavy atom. The van der Waals surface area contributed by atoms with Crippen LogP contribution in [0.25, 0.3) is 0 Å². The number of benzene rings is 1. The molecule has 1 fully saturated rings. The molecule has 0 amide bonds. The molecule has 0 radical (unpaired) electrons. The van der Waals surface area contributed by atoms with Gasteiger partial charge in [-0.15, -0.1) is 0 Å². The fraction of sp³-hybridized carbons (Fsp3) is 0.625. The summed E-state index contributed by atoms with van der Waals surface area (Å²) in [5.41, 5.74) is 6.40. The number of halogens is 2. The lowest BCUT2D eigenvalue weighted by molar-refractivity contribution is 0.0953. The van der Waals surface area contributed by atoms with Crippen LogP contribution in [0, 0.1) is 11.6 Å². The minimum Gasteiger partial charge on any atom is -0.322 e. The van der Waals surface area contributed by atoms with Gasteiger partial charge in [-0.05, 0) is 45.1 Å². The summed E-state index contributed by atoms with van der Waals surface area (Å²) in [7, 11) is 3.98. The molecule has 2 N–H and O–H groups in total. The van der Waals surface area contributed by atoms with Gasteiger partial charge in [-0.25, -0.2) is 8.78 Å². The van der Waals surface area contributed by atoms with Crippen LogP contribution in [0.1, 0.15) is 50.1 Å². The predicted octanol–water partition coefficient (Wildman–Crippen LogP) is 3.62. The molecule has 1 atom stereocenters. The van der Waals surface area contributed by atoms with Gasteiger partial charge < -0.3 is 10.6 Å².